The van der Waals surface area contributed by atoms with Crippen LogP contribution in [0.4, 0.5) is 0 Å². The van der Waals surface area contributed by atoms with Crippen LogP contribution in [0.1, 0.15) is 37.1 Å². The SMILES string of the molecule is Cc1cnc(CNC(=O)C2=NO[C@@H]3CCC4(CCN(S(C)(=O)=O)CC4)[C@H]23)cn1. The minimum atomic E-state index is -3.19. The molecule has 1 saturated heterocycles. The Kier molecular flexibility index (Phi) is 4.86. The number of hydrogen-bond donors (Lipinski definition) is 1. The summed E-state index contributed by atoms with van der Waals surface area (Å²) < 4.78 is 25.2. The molecular weight excluding hydrogens is 382 g/mol. The Labute approximate surface area is 164 Å². The molecule has 1 N–H and O–H groups in total. The number of nitrogens with one attached hydrogen (secondary N) is 1. The number of oxime groups is 1. The standard InChI is InChI=1S/C18H25N5O4S/c1-12-9-20-13(10-19-12)11-21-17(24)16-15-14(27-22-16)3-4-18(15)5-7-23(8-6-18)28(2,25)26/h9-10,14-15H,3-8,11H2,1-2H3,(H,21,24)/t14-,15+/m1/s1. The third-order valence-electron chi connectivity index (χ3n) is 6.22. The highest BCUT2D eigenvalue weighted by Gasteiger charge is 2.57. The second-order valence-electron chi connectivity index (χ2n) is 7.99. The molecule has 152 valence electrons. The summed E-state index contributed by atoms with van der Waals surface area (Å²) >= 11 is 0. The maximum atomic E-state index is 12.8. The van der Waals surface area contributed by atoms with Crippen LogP contribution < -0.4 is 5.32 Å². The summed E-state index contributed by atoms with van der Waals surface area (Å²) in [4.78, 5) is 26.8. The van der Waals surface area contributed by atoms with Gasteiger partial charge in [0.05, 0.1) is 36.3 Å². The summed E-state index contributed by atoms with van der Waals surface area (Å²) in [5, 5.41) is 6.97. The van der Waals surface area contributed by atoms with E-state index in [0.29, 0.717) is 24.5 Å². The summed E-state index contributed by atoms with van der Waals surface area (Å²) in [5.41, 5.74) is 1.80. The summed E-state index contributed by atoms with van der Waals surface area (Å²) in [6.45, 7) is 3.10. The number of aryl methyl sites for hydroxylation is 1. The van der Waals surface area contributed by atoms with E-state index in [9.17, 15) is 13.2 Å². The van der Waals surface area contributed by atoms with E-state index < -0.39 is 10.0 Å². The van der Waals surface area contributed by atoms with E-state index in [1.54, 1.807) is 12.4 Å². The van der Waals surface area contributed by atoms with Gasteiger partial charge >= 0.3 is 0 Å². The molecule has 3 aliphatic rings. The van der Waals surface area contributed by atoms with Gasteiger partial charge in [0.2, 0.25) is 10.0 Å². The highest BCUT2D eigenvalue weighted by molar-refractivity contribution is 7.88. The molecule has 0 unspecified atom stereocenters. The summed E-state index contributed by atoms with van der Waals surface area (Å²) in [6, 6.07) is 0. The second-order valence-corrected chi connectivity index (χ2v) is 9.98. The van der Waals surface area contributed by atoms with Gasteiger partial charge in [0, 0.05) is 19.3 Å². The molecular formula is C18H25N5O4S. The lowest BCUT2D eigenvalue weighted by molar-refractivity contribution is -0.115. The van der Waals surface area contributed by atoms with Crippen molar-refractivity contribution in [2.24, 2.45) is 16.5 Å². The van der Waals surface area contributed by atoms with E-state index in [1.165, 1.54) is 10.6 Å². The van der Waals surface area contributed by atoms with Crippen LogP contribution in [0.25, 0.3) is 0 Å². The number of nitrogens with zero attached hydrogens (tertiary/aromatic N) is 4. The minimum Gasteiger partial charge on any atom is -0.391 e. The molecule has 2 atom stereocenters. The zero-order valence-corrected chi connectivity index (χ0v) is 16.9. The fourth-order valence-corrected chi connectivity index (χ4v) is 5.53. The van der Waals surface area contributed by atoms with Crippen LogP contribution in [-0.2, 0) is 26.2 Å². The van der Waals surface area contributed by atoms with Gasteiger partial charge in [-0.2, -0.15) is 0 Å². The van der Waals surface area contributed by atoms with Gasteiger partial charge < -0.3 is 10.2 Å². The van der Waals surface area contributed by atoms with Crippen LogP contribution in [0.3, 0.4) is 0 Å². The van der Waals surface area contributed by atoms with E-state index in [-0.39, 0.29) is 29.9 Å². The molecule has 4 rings (SSSR count). The summed E-state index contributed by atoms with van der Waals surface area (Å²) in [5.74, 6) is -0.333. The first-order chi connectivity index (χ1) is 13.3. The predicted molar refractivity (Wildman–Crippen MR) is 102 cm³/mol. The van der Waals surface area contributed by atoms with E-state index in [2.05, 4.69) is 20.4 Å². The van der Waals surface area contributed by atoms with Crippen molar-refractivity contribution in [1.82, 2.24) is 19.6 Å². The fourth-order valence-electron chi connectivity index (χ4n) is 4.69. The van der Waals surface area contributed by atoms with E-state index in [0.717, 1.165) is 31.4 Å². The van der Waals surface area contributed by atoms with Crippen LogP contribution in [0, 0.1) is 18.3 Å². The van der Waals surface area contributed by atoms with Crippen molar-refractivity contribution in [2.75, 3.05) is 19.3 Å². The molecule has 2 aliphatic heterocycles. The van der Waals surface area contributed by atoms with Gasteiger partial charge in [0.1, 0.15) is 6.10 Å². The van der Waals surface area contributed by atoms with E-state index in [1.807, 2.05) is 6.92 Å². The van der Waals surface area contributed by atoms with Gasteiger partial charge in [0.25, 0.3) is 5.91 Å². The molecule has 1 aromatic heterocycles. The Hall–Kier alpha value is -2.07. The minimum absolute atomic E-state index is 0.0849. The molecule has 0 bridgehead atoms. The normalized spacial score (nSPS) is 26.6. The number of sulfonamides is 1. The number of hydrogen-bond acceptors (Lipinski definition) is 7. The second kappa shape index (κ2) is 7.07. The maximum absolute atomic E-state index is 12.8. The number of rotatable bonds is 4. The molecule has 1 spiro atoms. The molecule has 2 fully saturated rings. The molecule has 9 nitrogen and oxygen atoms in total. The van der Waals surface area contributed by atoms with Crippen LogP contribution in [0.2, 0.25) is 0 Å². The van der Waals surface area contributed by atoms with Gasteiger partial charge in [-0.15, -0.1) is 0 Å². The number of aromatic nitrogens is 2. The van der Waals surface area contributed by atoms with Crippen molar-refractivity contribution in [1.29, 1.82) is 0 Å². The molecule has 1 aliphatic carbocycles. The van der Waals surface area contributed by atoms with E-state index >= 15 is 0 Å². The monoisotopic (exact) mass is 407 g/mol. The van der Waals surface area contributed by atoms with Crippen molar-refractivity contribution >= 4 is 21.6 Å². The Bertz CT molecular complexity index is 891. The third kappa shape index (κ3) is 3.50. The van der Waals surface area contributed by atoms with Gasteiger partial charge in [0.15, 0.2) is 5.71 Å². The lowest BCUT2D eigenvalue weighted by atomic mass is 9.69. The largest absolute Gasteiger partial charge is 0.391 e. The molecule has 3 heterocycles. The van der Waals surface area contributed by atoms with Gasteiger partial charge in [-0.25, -0.2) is 12.7 Å². The Morgan fingerprint density at radius 2 is 2.04 bits per heavy atom. The molecule has 0 radical (unpaired) electrons. The van der Waals surface area contributed by atoms with Crippen molar-refractivity contribution in [2.45, 2.75) is 45.3 Å². The molecule has 1 aromatic rings. The van der Waals surface area contributed by atoms with Gasteiger partial charge in [-0.3, -0.25) is 14.8 Å². The quantitative estimate of drug-likeness (QED) is 0.782. The number of carbonyl (C=O) groups excluding carboxylic acids is 1. The molecule has 0 aromatic carbocycles. The average Bonchev–Trinajstić information content (AvgIpc) is 3.23. The molecule has 1 saturated carbocycles. The lowest BCUT2D eigenvalue weighted by Crippen LogP contribution is -2.48. The molecule has 28 heavy (non-hydrogen) atoms. The first-order valence-electron chi connectivity index (χ1n) is 9.53. The highest BCUT2D eigenvalue weighted by Crippen LogP contribution is 2.54. The van der Waals surface area contributed by atoms with Crippen molar-refractivity contribution in [3.8, 4) is 0 Å². The van der Waals surface area contributed by atoms with Gasteiger partial charge in [-0.1, -0.05) is 5.16 Å². The first-order valence-corrected chi connectivity index (χ1v) is 11.4. The van der Waals surface area contributed by atoms with Crippen molar-refractivity contribution < 1.29 is 18.0 Å². The van der Waals surface area contributed by atoms with Crippen molar-refractivity contribution in [3.63, 3.8) is 0 Å². The zero-order valence-electron chi connectivity index (χ0n) is 16.1. The lowest BCUT2D eigenvalue weighted by Gasteiger charge is -2.41. The van der Waals surface area contributed by atoms with Crippen LogP contribution >= 0.6 is 0 Å². The third-order valence-corrected chi connectivity index (χ3v) is 7.53. The summed E-state index contributed by atoms with van der Waals surface area (Å²) in [7, 11) is -3.19. The highest BCUT2D eigenvalue weighted by atomic mass is 32.2. The Morgan fingerprint density at radius 1 is 1.29 bits per heavy atom. The topological polar surface area (TPSA) is 114 Å². The summed E-state index contributed by atoms with van der Waals surface area (Å²) in [6.07, 6.45) is 7.67. The predicted octanol–water partition coefficient (Wildman–Crippen LogP) is 0.608. The average molecular weight is 407 g/mol. The maximum Gasteiger partial charge on any atom is 0.269 e. The van der Waals surface area contributed by atoms with Crippen LogP contribution in [0.15, 0.2) is 17.5 Å². The molecule has 10 heteroatoms. The number of amides is 1. The Morgan fingerprint density at radius 3 is 2.68 bits per heavy atom. The van der Waals surface area contributed by atoms with Crippen LogP contribution in [-0.4, -0.2) is 59.8 Å². The number of fused-ring (bicyclic) bond motifs is 2. The van der Waals surface area contributed by atoms with Crippen LogP contribution in [0.5, 0.6) is 0 Å². The molecule has 1 amide bonds. The van der Waals surface area contributed by atoms with Gasteiger partial charge in [-0.05, 0) is 38.0 Å². The smallest absolute Gasteiger partial charge is 0.269 e. The first kappa shape index (κ1) is 19.3. The van der Waals surface area contributed by atoms with E-state index in [4.69, 9.17) is 4.84 Å². The zero-order chi connectivity index (χ0) is 19.9. The fraction of sp³-hybridized carbons (Fsp3) is 0.667. The Balaban J connectivity index is 1.44. The van der Waals surface area contributed by atoms with Crippen molar-refractivity contribution in [3.05, 3.63) is 23.8 Å². The number of carbonyl (C=O) groups is 1. The number of piperidine rings is 1.